The molecule has 1 saturated heterocycles. The molecule has 2 heterocycles. The van der Waals surface area contributed by atoms with Crippen LogP contribution in [0, 0.1) is 6.92 Å². The second-order valence-electron chi connectivity index (χ2n) is 7.71. The van der Waals surface area contributed by atoms with Crippen molar-refractivity contribution in [2.45, 2.75) is 32.8 Å². The van der Waals surface area contributed by atoms with Crippen LogP contribution in [0.2, 0.25) is 5.02 Å². The van der Waals surface area contributed by atoms with Crippen LogP contribution in [0.4, 0.5) is 11.5 Å². The van der Waals surface area contributed by atoms with Gasteiger partial charge in [0.25, 0.3) is 5.91 Å². The van der Waals surface area contributed by atoms with E-state index in [1.54, 1.807) is 19.1 Å². The average Bonchev–Trinajstić information content (AvgIpc) is 3.32. The molecule has 31 heavy (non-hydrogen) atoms. The molecular weight excluding hydrogens is 412 g/mol. The SMILES string of the molecule is Cc1cc(OC(C)C(=O)Nc2ccc(-c3ccc(N4CCCC4)nn3)cc2)ccc1Cl. The summed E-state index contributed by atoms with van der Waals surface area (Å²) in [5.41, 5.74) is 3.34. The summed E-state index contributed by atoms with van der Waals surface area (Å²) in [6.45, 7) is 5.70. The number of aryl methyl sites for hydroxylation is 1. The van der Waals surface area contributed by atoms with Crippen molar-refractivity contribution in [3.05, 3.63) is 65.2 Å². The fourth-order valence-electron chi connectivity index (χ4n) is 3.51. The van der Waals surface area contributed by atoms with Gasteiger partial charge in [0.15, 0.2) is 11.9 Å². The molecule has 4 rings (SSSR count). The van der Waals surface area contributed by atoms with Crippen LogP contribution in [0.15, 0.2) is 54.6 Å². The number of benzene rings is 2. The van der Waals surface area contributed by atoms with Gasteiger partial charge in [-0.1, -0.05) is 23.7 Å². The Balaban J connectivity index is 1.36. The highest BCUT2D eigenvalue weighted by molar-refractivity contribution is 6.31. The molecule has 2 aromatic carbocycles. The number of aromatic nitrogens is 2. The van der Waals surface area contributed by atoms with E-state index in [1.165, 1.54) is 12.8 Å². The summed E-state index contributed by atoms with van der Waals surface area (Å²) in [6, 6.07) is 16.9. The lowest BCUT2D eigenvalue weighted by molar-refractivity contribution is -0.122. The van der Waals surface area contributed by atoms with Gasteiger partial charge in [0.05, 0.1) is 5.69 Å². The number of amides is 1. The normalized spacial score (nSPS) is 14.4. The summed E-state index contributed by atoms with van der Waals surface area (Å²) in [7, 11) is 0. The first kappa shape index (κ1) is 21.1. The van der Waals surface area contributed by atoms with Gasteiger partial charge in [0.1, 0.15) is 5.75 Å². The molecule has 0 saturated carbocycles. The van der Waals surface area contributed by atoms with Crippen LogP contribution in [-0.2, 0) is 4.79 Å². The van der Waals surface area contributed by atoms with E-state index in [1.807, 2.05) is 49.4 Å². The first-order chi connectivity index (χ1) is 15.0. The Bertz CT molecular complexity index is 1050. The largest absolute Gasteiger partial charge is 0.481 e. The summed E-state index contributed by atoms with van der Waals surface area (Å²) >= 11 is 6.04. The van der Waals surface area contributed by atoms with Gasteiger partial charge in [-0.3, -0.25) is 4.79 Å². The second kappa shape index (κ2) is 9.35. The average molecular weight is 437 g/mol. The maximum atomic E-state index is 12.5. The number of rotatable bonds is 6. The molecular formula is C24H25ClN4O2. The van der Waals surface area contributed by atoms with Crippen LogP contribution < -0.4 is 15.0 Å². The zero-order valence-electron chi connectivity index (χ0n) is 17.6. The van der Waals surface area contributed by atoms with Gasteiger partial charge in [0.2, 0.25) is 0 Å². The van der Waals surface area contributed by atoms with Crippen molar-refractivity contribution in [3.63, 3.8) is 0 Å². The van der Waals surface area contributed by atoms with Crippen molar-refractivity contribution in [2.24, 2.45) is 0 Å². The number of anilines is 2. The van der Waals surface area contributed by atoms with Crippen LogP contribution in [0.3, 0.4) is 0 Å². The summed E-state index contributed by atoms with van der Waals surface area (Å²) in [4.78, 5) is 14.8. The summed E-state index contributed by atoms with van der Waals surface area (Å²) < 4.78 is 5.74. The lowest BCUT2D eigenvalue weighted by Crippen LogP contribution is -2.30. The Morgan fingerprint density at radius 2 is 1.81 bits per heavy atom. The van der Waals surface area contributed by atoms with Gasteiger partial charge >= 0.3 is 0 Å². The maximum Gasteiger partial charge on any atom is 0.265 e. The van der Waals surface area contributed by atoms with E-state index in [9.17, 15) is 4.79 Å². The number of hydrogen-bond acceptors (Lipinski definition) is 5. The van der Waals surface area contributed by atoms with Crippen molar-refractivity contribution in [3.8, 4) is 17.0 Å². The van der Waals surface area contributed by atoms with Crippen LogP contribution in [-0.4, -0.2) is 35.3 Å². The van der Waals surface area contributed by atoms with Crippen LogP contribution in [0.5, 0.6) is 5.75 Å². The number of carbonyl (C=O) groups excluding carboxylic acids is 1. The van der Waals surface area contributed by atoms with Crippen molar-refractivity contribution < 1.29 is 9.53 Å². The Labute approximate surface area is 187 Å². The molecule has 0 spiro atoms. The standard InChI is InChI=1S/C24H25ClN4O2/c1-16-15-20(9-10-21(16)25)31-17(2)24(30)26-19-7-5-18(6-8-19)22-11-12-23(28-27-22)29-13-3-4-14-29/h5-12,15,17H,3-4,13-14H2,1-2H3,(H,26,30). The van der Waals surface area contributed by atoms with E-state index in [4.69, 9.17) is 16.3 Å². The molecule has 0 aliphatic carbocycles. The van der Waals surface area contributed by atoms with E-state index in [2.05, 4.69) is 20.4 Å². The third kappa shape index (κ3) is 5.14. The second-order valence-corrected chi connectivity index (χ2v) is 8.12. The molecule has 1 amide bonds. The predicted octanol–water partition coefficient (Wildman–Crippen LogP) is 5.11. The van der Waals surface area contributed by atoms with Crippen molar-refractivity contribution in [1.82, 2.24) is 10.2 Å². The summed E-state index contributed by atoms with van der Waals surface area (Å²) in [6.07, 6.45) is 1.77. The van der Waals surface area contributed by atoms with Gasteiger partial charge in [-0.05, 0) is 74.7 Å². The van der Waals surface area contributed by atoms with E-state index < -0.39 is 6.10 Å². The van der Waals surface area contributed by atoms with E-state index >= 15 is 0 Å². The maximum absolute atomic E-state index is 12.5. The van der Waals surface area contributed by atoms with E-state index in [0.717, 1.165) is 35.7 Å². The van der Waals surface area contributed by atoms with Gasteiger partial charge in [-0.15, -0.1) is 10.2 Å². The molecule has 1 aliphatic rings. The highest BCUT2D eigenvalue weighted by Crippen LogP contribution is 2.24. The number of ether oxygens (including phenoxy) is 1. The molecule has 1 atom stereocenters. The summed E-state index contributed by atoms with van der Waals surface area (Å²) in [5, 5.41) is 12.3. The molecule has 1 unspecified atom stereocenters. The minimum atomic E-state index is -0.649. The van der Waals surface area contributed by atoms with Crippen LogP contribution in [0.25, 0.3) is 11.3 Å². The first-order valence-electron chi connectivity index (χ1n) is 10.4. The zero-order valence-corrected chi connectivity index (χ0v) is 18.4. The molecule has 1 aliphatic heterocycles. The highest BCUT2D eigenvalue weighted by Gasteiger charge is 2.16. The lowest BCUT2D eigenvalue weighted by atomic mass is 10.1. The molecule has 0 radical (unpaired) electrons. The van der Waals surface area contributed by atoms with Crippen LogP contribution in [0.1, 0.15) is 25.3 Å². The Kier molecular flexibility index (Phi) is 6.37. The predicted molar refractivity (Wildman–Crippen MR) is 124 cm³/mol. The number of nitrogens with zero attached hydrogens (tertiary/aromatic N) is 3. The highest BCUT2D eigenvalue weighted by atomic mass is 35.5. The third-order valence-electron chi connectivity index (χ3n) is 5.34. The fraction of sp³-hybridized carbons (Fsp3) is 0.292. The van der Waals surface area contributed by atoms with E-state index in [-0.39, 0.29) is 5.91 Å². The minimum Gasteiger partial charge on any atom is -0.481 e. The van der Waals surface area contributed by atoms with Gasteiger partial charge in [-0.25, -0.2) is 0 Å². The Hall–Kier alpha value is -3.12. The fourth-order valence-corrected chi connectivity index (χ4v) is 3.63. The third-order valence-corrected chi connectivity index (χ3v) is 5.76. The number of hydrogen-bond donors (Lipinski definition) is 1. The summed E-state index contributed by atoms with van der Waals surface area (Å²) in [5.74, 6) is 1.31. The first-order valence-corrected chi connectivity index (χ1v) is 10.8. The molecule has 3 aromatic rings. The topological polar surface area (TPSA) is 67.3 Å². The van der Waals surface area contributed by atoms with Gasteiger partial charge in [-0.2, -0.15) is 0 Å². The van der Waals surface area contributed by atoms with Crippen LogP contribution >= 0.6 is 11.6 Å². The Morgan fingerprint density at radius 3 is 2.45 bits per heavy atom. The van der Waals surface area contributed by atoms with Gasteiger partial charge in [0, 0.05) is 29.4 Å². The van der Waals surface area contributed by atoms with E-state index in [0.29, 0.717) is 16.5 Å². The quantitative estimate of drug-likeness (QED) is 0.581. The molecule has 1 N–H and O–H groups in total. The monoisotopic (exact) mass is 436 g/mol. The molecule has 0 bridgehead atoms. The molecule has 1 aromatic heterocycles. The van der Waals surface area contributed by atoms with Gasteiger partial charge < -0.3 is 15.0 Å². The number of halogens is 1. The molecule has 7 heteroatoms. The molecule has 160 valence electrons. The smallest absolute Gasteiger partial charge is 0.265 e. The minimum absolute atomic E-state index is 0.227. The Morgan fingerprint density at radius 1 is 1.06 bits per heavy atom. The van der Waals surface area contributed by atoms with Crippen molar-refractivity contribution >= 4 is 29.0 Å². The zero-order chi connectivity index (χ0) is 21.8. The number of carbonyl (C=O) groups is 1. The molecule has 1 fully saturated rings. The number of nitrogens with one attached hydrogen (secondary N) is 1. The molecule has 6 nitrogen and oxygen atoms in total. The lowest BCUT2D eigenvalue weighted by Gasteiger charge is -2.16. The van der Waals surface area contributed by atoms with Crippen molar-refractivity contribution in [2.75, 3.05) is 23.3 Å². The van der Waals surface area contributed by atoms with Crippen molar-refractivity contribution in [1.29, 1.82) is 0 Å².